The Labute approximate surface area is 157 Å². The standard InChI is InChI=1S/C19H21BrN2O.ClH/c20-17-10-8-15(9-11-17)18(14-5-2-1-3-6-14)22-19(23)16-7-4-12-21-13-16;/h1-3,5-6,8-11,16,18,21H,4,7,12-13H2,(H,22,23);1H. The number of halogens is 2. The molecule has 128 valence electrons. The highest BCUT2D eigenvalue weighted by atomic mass is 79.9. The average Bonchev–Trinajstić information content (AvgIpc) is 2.62. The minimum atomic E-state index is -0.112. The first-order chi connectivity index (χ1) is 11.2. The summed E-state index contributed by atoms with van der Waals surface area (Å²) in [5.74, 6) is 0.194. The minimum absolute atomic E-state index is 0. The van der Waals surface area contributed by atoms with Crippen LogP contribution >= 0.6 is 28.3 Å². The summed E-state index contributed by atoms with van der Waals surface area (Å²) in [5.41, 5.74) is 2.20. The van der Waals surface area contributed by atoms with Gasteiger partial charge in [-0.25, -0.2) is 0 Å². The SMILES string of the molecule is Cl.O=C(NC(c1ccccc1)c1ccc(Br)cc1)C1CCCNC1. The van der Waals surface area contributed by atoms with Crippen LogP contribution in [0.3, 0.4) is 0 Å². The van der Waals surface area contributed by atoms with Crippen molar-refractivity contribution in [2.75, 3.05) is 13.1 Å². The Morgan fingerprint density at radius 3 is 2.38 bits per heavy atom. The van der Waals surface area contributed by atoms with Crippen LogP contribution in [0.15, 0.2) is 59.1 Å². The van der Waals surface area contributed by atoms with Crippen molar-refractivity contribution in [2.45, 2.75) is 18.9 Å². The van der Waals surface area contributed by atoms with Crippen LogP contribution in [0.1, 0.15) is 30.0 Å². The average molecular weight is 410 g/mol. The van der Waals surface area contributed by atoms with Crippen LogP contribution < -0.4 is 10.6 Å². The smallest absolute Gasteiger partial charge is 0.225 e. The van der Waals surface area contributed by atoms with Crippen LogP contribution in [0.2, 0.25) is 0 Å². The molecule has 1 amide bonds. The second kappa shape index (κ2) is 9.21. The quantitative estimate of drug-likeness (QED) is 0.799. The van der Waals surface area contributed by atoms with E-state index < -0.39 is 0 Å². The van der Waals surface area contributed by atoms with Crippen molar-refractivity contribution in [1.82, 2.24) is 10.6 Å². The Bertz CT molecular complexity index is 642. The zero-order chi connectivity index (χ0) is 16.1. The molecule has 1 aliphatic rings. The van der Waals surface area contributed by atoms with E-state index in [1.807, 2.05) is 30.3 Å². The molecule has 5 heteroatoms. The van der Waals surface area contributed by atoms with Gasteiger partial charge in [-0.1, -0.05) is 58.4 Å². The predicted octanol–water partition coefficient (Wildman–Crippen LogP) is 4.08. The number of benzene rings is 2. The van der Waals surface area contributed by atoms with Gasteiger partial charge in [-0.15, -0.1) is 12.4 Å². The van der Waals surface area contributed by atoms with Crippen LogP contribution in [0.4, 0.5) is 0 Å². The molecule has 0 saturated carbocycles. The number of nitrogens with one attached hydrogen (secondary N) is 2. The maximum atomic E-state index is 12.7. The molecular weight excluding hydrogens is 388 g/mol. The van der Waals surface area contributed by atoms with Crippen molar-refractivity contribution in [3.8, 4) is 0 Å². The van der Waals surface area contributed by atoms with Gasteiger partial charge in [0.2, 0.25) is 5.91 Å². The fraction of sp³-hybridized carbons (Fsp3) is 0.316. The third kappa shape index (κ3) is 4.82. The second-order valence-corrected chi connectivity index (χ2v) is 6.86. The van der Waals surface area contributed by atoms with Gasteiger partial charge in [0.05, 0.1) is 12.0 Å². The first kappa shape index (κ1) is 19.0. The third-order valence-corrected chi connectivity index (χ3v) is 4.82. The Hall–Kier alpha value is -1.36. The zero-order valence-electron chi connectivity index (χ0n) is 13.4. The van der Waals surface area contributed by atoms with Gasteiger partial charge in [0.15, 0.2) is 0 Å². The summed E-state index contributed by atoms with van der Waals surface area (Å²) in [6.45, 7) is 1.78. The van der Waals surface area contributed by atoms with Gasteiger partial charge in [-0.05, 0) is 42.6 Å². The molecule has 1 heterocycles. The lowest BCUT2D eigenvalue weighted by Gasteiger charge is -2.26. The van der Waals surface area contributed by atoms with Crippen LogP contribution in [0.25, 0.3) is 0 Å². The molecule has 1 aliphatic heterocycles. The first-order valence-corrected chi connectivity index (χ1v) is 8.85. The fourth-order valence-electron chi connectivity index (χ4n) is 3.00. The predicted molar refractivity (Wildman–Crippen MR) is 103 cm³/mol. The van der Waals surface area contributed by atoms with E-state index >= 15 is 0 Å². The summed E-state index contributed by atoms with van der Waals surface area (Å²) in [5, 5.41) is 6.55. The molecule has 2 atom stereocenters. The summed E-state index contributed by atoms with van der Waals surface area (Å²) >= 11 is 3.47. The Morgan fingerprint density at radius 2 is 1.75 bits per heavy atom. The number of hydrogen-bond acceptors (Lipinski definition) is 2. The van der Waals surface area contributed by atoms with Crippen LogP contribution in [0.5, 0.6) is 0 Å². The van der Waals surface area contributed by atoms with Gasteiger partial charge in [-0.2, -0.15) is 0 Å². The molecular formula is C19H22BrClN2O. The van der Waals surface area contributed by atoms with E-state index in [-0.39, 0.29) is 30.3 Å². The van der Waals surface area contributed by atoms with E-state index in [0.29, 0.717) is 0 Å². The molecule has 2 unspecified atom stereocenters. The van der Waals surface area contributed by atoms with Crippen molar-refractivity contribution in [1.29, 1.82) is 0 Å². The van der Waals surface area contributed by atoms with Crippen molar-refractivity contribution in [3.05, 3.63) is 70.2 Å². The number of carbonyl (C=O) groups excluding carboxylic acids is 1. The lowest BCUT2D eigenvalue weighted by atomic mass is 9.95. The maximum Gasteiger partial charge on any atom is 0.225 e. The van der Waals surface area contributed by atoms with Crippen molar-refractivity contribution >= 4 is 34.2 Å². The van der Waals surface area contributed by atoms with Crippen LogP contribution in [0, 0.1) is 5.92 Å². The highest BCUT2D eigenvalue weighted by molar-refractivity contribution is 9.10. The molecule has 3 nitrogen and oxygen atoms in total. The molecule has 0 spiro atoms. The lowest BCUT2D eigenvalue weighted by molar-refractivity contribution is -0.126. The van der Waals surface area contributed by atoms with E-state index in [1.165, 1.54) is 0 Å². The second-order valence-electron chi connectivity index (χ2n) is 5.95. The molecule has 2 N–H and O–H groups in total. The molecule has 0 aromatic heterocycles. The number of hydrogen-bond donors (Lipinski definition) is 2. The zero-order valence-corrected chi connectivity index (χ0v) is 15.8. The van der Waals surface area contributed by atoms with E-state index in [2.05, 4.69) is 50.8 Å². The van der Waals surface area contributed by atoms with Crippen molar-refractivity contribution in [3.63, 3.8) is 0 Å². The van der Waals surface area contributed by atoms with E-state index in [4.69, 9.17) is 0 Å². The Kier molecular flexibility index (Phi) is 7.28. The van der Waals surface area contributed by atoms with Gasteiger partial charge in [0.1, 0.15) is 0 Å². The number of amides is 1. The first-order valence-electron chi connectivity index (χ1n) is 8.05. The van der Waals surface area contributed by atoms with Gasteiger partial charge in [0, 0.05) is 11.0 Å². The highest BCUT2D eigenvalue weighted by Crippen LogP contribution is 2.24. The largest absolute Gasteiger partial charge is 0.345 e. The highest BCUT2D eigenvalue weighted by Gasteiger charge is 2.24. The lowest BCUT2D eigenvalue weighted by Crippen LogP contribution is -2.42. The summed E-state index contributed by atoms with van der Waals surface area (Å²) < 4.78 is 1.04. The summed E-state index contributed by atoms with van der Waals surface area (Å²) in [4.78, 5) is 12.7. The van der Waals surface area contributed by atoms with Gasteiger partial charge < -0.3 is 10.6 Å². The molecule has 2 aromatic rings. The summed E-state index contributed by atoms with van der Waals surface area (Å²) in [6.07, 6.45) is 2.02. The molecule has 0 bridgehead atoms. The molecule has 0 aliphatic carbocycles. The summed E-state index contributed by atoms with van der Waals surface area (Å²) in [7, 11) is 0. The minimum Gasteiger partial charge on any atom is -0.345 e. The Balaban J connectivity index is 0.00000208. The van der Waals surface area contributed by atoms with Gasteiger partial charge in [-0.3, -0.25) is 4.79 Å². The number of carbonyl (C=O) groups is 1. The molecule has 24 heavy (non-hydrogen) atoms. The summed E-state index contributed by atoms with van der Waals surface area (Å²) in [6, 6.07) is 18.2. The van der Waals surface area contributed by atoms with E-state index in [9.17, 15) is 4.79 Å². The van der Waals surface area contributed by atoms with Crippen molar-refractivity contribution in [2.24, 2.45) is 5.92 Å². The Morgan fingerprint density at radius 1 is 1.08 bits per heavy atom. The monoisotopic (exact) mass is 408 g/mol. The number of rotatable bonds is 4. The number of piperidine rings is 1. The molecule has 1 saturated heterocycles. The topological polar surface area (TPSA) is 41.1 Å². The molecule has 2 aromatic carbocycles. The van der Waals surface area contributed by atoms with Crippen molar-refractivity contribution < 1.29 is 4.79 Å². The molecule has 3 rings (SSSR count). The maximum absolute atomic E-state index is 12.7. The van der Waals surface area contributed by atoms with Crippen LogP contribution in [-0.2, 0) is 4.79 Å². The van der Waals surface area contributed by atoms with E-state index in [0.717, 1.165) is 41.5 Å². The van der Waals surface area contributed by atoms with Gasteiger partial charge >= 0.3 is 0 Å². The molecule has 0 radical (unpaired) electrons. The molecule has 1 fully saturated rings. The van der Waals surface area contributed by atoms with E-state index in [1.54, 1.807) is 0 Å². The normalized spacial score (nSPS) is 18.3. The third-order valence-electron chi connectivity index (χ3n) is 4.29. The fourth-order valence-corrected chi connectivity index (χ4v) is 3.26. The van der Waals surface area contributed by atoms with Crippen LogP contribution in [-0.4, -0.2) is 19.0 Å². The van der Waals surface area contributed by atoms with Gasteiger partial charge in [0.25, 0.3) is 0 Å².